The van der Waals surface area contributed by atoms with Gasteiger partial charge in [-0.2, -0.15) is 0 Å². The molecule has 0 unspecified atom stereocenters. The summed E-state index contributed by atoms with van der Waals surface area (Å²) in [4.78, 5) is 15.5. The fraction of sp³-hybridized carbons (Fsp3) is 0.0526. The van der Waals surface area contributed by atoms with E-state index in [4.69, 9.17) is 5.11 Å². The van der Waals surface area contributed by atoms with E-state index in [1.165, 1.54) is 30.3 Å². The Labute approximate surface area is 150 Å². The zero-order chi connectivity index (χ0) is 19.2. The molecule has 0 atom stereocenters. The number of benzene rings is 3. The number of carboxylic acid groups (broad SMARTS) is 1. The highest BCUT2D eigenvalue weighted by Crippen LogP contribution is 2.28. The van der Waals surface area contributed by atoms with E-state index < -0.39 is 12.3 Å². The van der Waals surface area contributed by atoms with E-state index in [1.54, 1.807) is 35.2 Å². The standard InChI is InChI=1S/C19H11F3N2O3/c20-19(21,22)27-14-5-3-13(4-6-14)24-10-23-17-15-7-1-12(18(25)26)9-11(15)2-8-16(17)24/h1-10H,(H,25,26). The fourth-order valence-corrected chi connectivity index (χ4v) is 2.96. The van der Waals surface area contributed by atoms with Crippen molar-refractivity contribution in [3.8, 4) is 11.4 Å². The van der Waals surface area contributed by atoms with Gasteiger partial charge >= 0.3 is 12.3 Å². The van der Waals surface area contributed by atoms with Gasteiger partial charge in [0.05, 0.1) is 16.6 Å². The lowest BCUT2D eigenvalue weighted by Crippen LogP contribution is -2.17. The van der Waals surface area contributed by atoms with Crippen LogP contribution >= 0.6 is 0 Å². The number of aromatic carboxylic acids is 1. The second-order valence-corrected chi connectivity index (χ2v) is 5.83. The van der Waals surface area contributed by atoms with E-state index in [0.29, 0.717) is 11.2 Å². The summed E-state index contributed by atoms with van der Waals surface area (Å²) in [5.74, 6) is -1.31. The molecule has 5 nitrogen and oxygen atoms in total. The van der Waals surface area contributed by atoms with Gasteiger partial charge in [-0.05, 0) is 47.9 Å². The zero-order valence-corrected chi connectivity index (χ0v) is 13.6. The first-order chi connectivity index (χ1) is 12.8. The Kier molecular flexibility index (Phi) is 3.76. The van der Waals surface area contributed by atoms with Gasteiger partial charge < -0.3 is 9.84 Å². The Balaban J connectivity index is 1.77. The normalized spacial score (nSPS) is 11.8. The lowest BCUT2D eigenvalue weighted by molar-refractivity contribution is -0.274. The molecule has 0 aliphatic carbocycles. The average Bonchev–Trinajstić information content (AvgIpc) is 3.05. The molecule has 0 bridgehead atoms. The van der Waals surface area contributed by atoms with Crippen LogP contribution in [0.1, 0.15) is 10.4 Å². The molecule has 4 aromatic rings. The van der Waals surface area contributed by atoms with Crippen molar-refractivity contribution in [3.05, 3.63) is 66.5 Å². The van der Waals surface area contributed by atoms with Crippen molar-refractivity contribution >= 4 is 27.8 Å². The summed E-state index contributed by atoms with van der Waals surface area (Å²) in [7, 11) is 0. The number of carbonyl (C=O) groups is 1. The minimum atomic E-state index is -4.74. The van der Waals surface area contributed by atoms with Crippen molar-refractivity contribution in [2.24, 2.45) is 0 Å². The molecule has 0 fully saturated rings. The van der Waals surface area contributed by atoms with Gasteiger partial charge in [0.2, 0.25) is 0 Å². The Morgan fingerprint density at radius 2 is 1.78 bits per heavy atom. The predicted molar refractivity (Wildman–Crippen MR) is 92.2 cm³/mol. The summed E-state index contributed by atoms with van der Waals surface area (Å²) in [5.41, 5.74) is 2.21. The van der Waals surface area contributed by atoms with Gasteiger partial charge in [0, 0.05) is 11.1 Å². The molecule has 1 heterocycles. The smallest absolute Gasteiger partial charge is 0.478 e. The molecule has 0 saturated carbocycles. The highest BCUT2D eigenvalue weighted by molar-refractivity contribution is 6.06. The van der Waals surface area contributed by atoms with Gasteiger partial charge in [-0.3, -0.25) is 4.57 Å². The van der Waals surface area contributed by atoms with E-state index in [2.05, 4.69) is 9.72 Å². The van der Waals surface area contributed by atoms with E-state index >= 15 is 0 Å². The maximum Gasteiger partial charge on any atom is 0.573 e. The predicted octanol–water partition coefficient (Wildman–Crippen LogP) is 4.78. The Morgan fingerprint density at radius 3 is 2.44 bits per heavy atom. The Morgan fingerprint density at radius 1 is 1.04 bits per heavy atom. The summed E-state index contributed by atoms with van der Waals surface area (Å²) < 4.78 is 42.4. The van der Waals surface area contributed by atoms with E-state index in [-0.39, 0.29) is 11.3 Å². The number of aromatic nitrogens is 2. The number of nitrogens with zero attached hydrogens (tertiary/aromatic N) is 2. The number of ether oxygens (including phenoxy) is 1. The molecule has 0 spiro atoms. The van der Waals surface area contributed by atoms with Gasteiger partial charge in [-0.1, -0.05) is 12.1 Å². The van der Waals surface area contributed by atoms with E-state index in [0.717, 1.165) is 16.3 Å². The second kappa shape index (κ2) is 6.01. The summed E-state index contributed by atoms with van der Waals surface area (Å²) in [6.07, 6.45) is -3.17. The van der Waals surface area contributed by atoms with Gasteiger partial charge in [0.15, 0.2) is 0 Å². The highest BCUT2D eigenvalue weighted by atomic mass is 19.4. The first-order valence-corrected chi connectivity index (χ1v) is 7.81. The number of imidazole rings is 1. The molecule has 0 radical (unpaired) electrons. The molecule has 0 aliphatic rings. The lowest BCUT2D eigenvalue weighted by Gasteiger charge is -2.10. The molecule has 4 rings (SSSR count). The van der Waals surface area contributed by atoms with E-state index in [1.807, 2.05) is 0 Å². The number of hydrogen-bond acceptors (Lipinski definition) is 3. The van der Waals surface area contributed by atoms with Crippen molar-refractivity contribution in [2.45, 2.75) is 6.36 Å². The van der Waals surface area contributed by atoms with Crippen LogP contribution in [0.2, 0.25) is 0 Å². The van der Waals surface area contributed by atoms with Crippen LogP contribution in [0.5, 0.6) is 5.75 Å². The van der Waals surface area contributed by atoms with Crippen LogP contribution in [-0.4, -0.2) is 27.0 Å². The molecule has 1 aromatic heterocycles. The first kappa shape index (κ1) is 16.9. The lowest BCUT2D eigenvalue weighted by atomic mass is 10.1. The van der Waals surface area contributed by atoms with E-state index in [9.17, 15) is 18.0 Å². The SMILES string of the molecule is O=C(O)c1ccc2c(ccc3c2ncn3-c2ccc(OC(F)(F)F)cc2)c1. The maximum absolute atomic E-state index is 12.3. The molecule has 0 amide bonds. The highest BCUT2D eigenvalue weighted by Gasteiger charge is 2.31. The van der Waals surface area contributed by atoms with Crippen molar-refractivity contribution in [3.63, 3.8) is 0 Å². The summed E-state index contributed by atoms with van der Waals surface area (Å²) in [6, 6.07) is 13.8. The van der Waals surface area contributed by atoms with Crippen molar-refractivity contribution in [2.75, 3.05) is 0 Å². The third-order valence-electron chi connectivity index (χ3n) is 4.13. The summed E-state index contributed by atoms with van der Waals surface area (Å²) in [5, 5.41) is 10.6. The Hall–Kier alpha value is -3.55. The minimum Gasteiger partial charge on any atom is -0.478 e. The van der Waals surface area contributed by atoms with Crippen molar-refractivity contribution < 1.29 is 27.8 Å². The molecule has 0 saturated heterocycles. The van der Waals surface area contributed by atoms with Crippen LogP contribution < -0.4 is 4.74 Å². The Bertz CT molecular complexity index is 1160. The maximum atomic E-state index is 12.3. The quantitative estimate of drug-likeness (QED) is 0.562. The third-order valence-corrected chi connectivity index (χ3v) is 4.13. The van der Waals surface area contributed by atoms with Gasteiger partial charge in [-0.15, -0.1) is 13.2 Å². The van der Waals surface area contributed by atoms with Crippen LogP contribution in [0, 0.1) is 0 Å². The topological polar surface area (TPSA) is 64.3 Å². The molecule has 27 heavy (non-hydrogen) atoms. The second-order valence-electron chi connectivity index (χ2n) is 5.83. The number of alkyl halides is 3. The fourth-order valence-electron chi connectivity index (χ4n) is 2.96. The van der Waals surface area contributed by atoms with Crippen molar-refractivity contribution in [1.82, 2.24) is 9.55 Å². The average molecular weight is 372 g/mol. The van der Waals surface area contributed by atoms with Crippen LogP contribution in [0.4, 0.5) is 13.2 Å². The minimum absolute atomic E-state index is 0.182. The monoisotopic (exact) mass is 372 g/mol. The summed E-state index contributed by atoms with van der Waals surface area (Å²) >= 11 is 0. The first-order valence-electron chi connectivity index (χ1n) is 7.81. The molecule has 0 aliphatic heterocycles. The van der Waals surface area contributed by atoms with Crippen LogP contribution in [-0.2, 0) is 0 Å². The van der Waals surface area contributed by atoms with Gasteiger partial charge in [0.1, 0.15) is 12.1 Å². The molecule has 8 heteroatoms. The number of carboxylic acids is 1. The summed E-state index contributed by atoms with van der Waals surface area (Å²) in [6.45, 7) is 0. The van der Waals surface area contributed by atoms with Gasteiger partial charge in [-0.25, -0.2) is 9.78 Å². The molecular formula is C19H11F3N2O3. The third kappa shape index (κ3) is 3.17. The molecule has 3 aromatic carbocycles. The molecule has 136 valence electrons. The number of hydrogen-bond donors (Lipinski definition) is 1. The van der Waals surface area contributed by atoms with Crippen molar-refractivity contribution in [1.29, 1.82) is 0 Å². The molecular weight excluding hydrogens is 361 g/mol. The number of halogens is 3. The number of rotatable bonds is 3. The zero-order valence-electron chi connectivity index (χ0n) is 13.6. The van der Waals surface area contributed by atoms with Crippen LogP contribution in [0.3, 0.4) is 0 Å². The largest absolute Gasteiger partial charge is 0.573 e. The van der Waals surface area contributed by atoms with Crippen LogP contribution in [0.15, 0.2) is 60.9 Å². The van der Waals surface area contributed by atoms with Crippen LogP contribution in [0.25, 0.3) is 27.5 Å². The number of fused-ring (bicyclic) bond motifs is 3. The van der Waals surface area contributed by atoms with Gasteiger partial charge in [0.25, 0.3) is 0 Å². The molecule has 1 N–H and O–H groups in total.